The first-order chi connectivity index (χ1) is 9.65. The number of aromatic amines is 1. The third-order valence-electron chi connectivity index (χ3n) is 2.76. The van der Waals surface area contributed by atoms with Gasteiger partial charge >= 0.3 is 0 Å². The molecule has 1 aromatic carbocycles. The second-order valence-corrected chi connectivity index (χ2v) is 5.43. The van der Waals surface area contributed by atoms with Crippen molar-refractivity contribution in [1.82, 2.24) is 9.97 Å². The first kappa shape index (κ1) is 13.1. The number of thiophene rings is 1. The fraction of sp³-hybridized carbons (Fsp3) is 0.0769. The van der Waals surface area contributed by atoms with E-state index in [1.165, 1.54) is 17.4 Å². The molecule has 0 amide bonds. The van der Waals surface area contributed by atoms with Gasteiger partial charge in [0.1, 0.15) is 10.5 Å². The van der Waals surface area contributed by atoms with Crippen LogP contribution in [0.5, 0.6) is 0 Å². The highest BCUT2D eigenvalue weighted by Crippen LogP contribution is 2.22. The molecule has 0 spiro atoms. The Labute approximate surface area is 122 Å². The van der Waals surface area contributed by atoms with Gasteiger partial charge in [-0.15, -0.1) is 11.3 Å². The van der Waals surface area contributed by atoms with Crippen LogP contribution in [0.4, 0.5) is 10.1 Å². The molecular formula is C13H9ClFN3OS. The number of benzene rings is 1. The Balaban J connectivity index is 1.86. The molecule has 2 N–H and O–H groups in total. The number of hydrogen-bond donors (Lipinski definition) is 2. The lowest BCUT2D eigenvalue weighted by molar-refractivity contribution is 0.630. The van der Waals surface area contributed by atoms with Crippen molar-refractivity contribution in [3.63, 3.8) is 0 Å². The molecule has 0 aliphatic heterocycles. The normalized spacial score (nSPS) is 10.9. The molecule has 20 heavy (non-hydrogen) atoms. The van der Waals surface area contributed by atoms with Crippen LogP contribution in [0.25, 0.3) is 10.2 Å². The van der Waals surface area contributed by atoms with Crippen LogP contribution >= 0.6 is 22.9 Å². The molecule has 0 saturated heterocycles. The van der Waals surface area contributed by atoms with Gasteiger partial charge in [-0.1, -0.05) is 17.7 Å². The quantitative estimate of drug-likeness (QED) is 0.779. The molecule has 0 aliphatic carbocycles. The summed E-state index contributed by atoms with van der Waals surface area (Å²) in [7, 11) is 0. The van der Waals surface area contributed by atoms with E-state index in [4.69, 9.17) is 11.6 Å². The average molecular weight is 310 g/mol. The van der Waals surface area contributed by atoms with Gasteiger partial charge in [-0.05, 0) is 23.6 Å². The van der Waals surface area contributed by atoms with Crippen LogP contribution in [0.3, 0.4) is 0 Å². The van der Waals surface area contributed by atoms with Gasteiger partial charge in [0.15, 0.2) is 5.82 Å². The lowest BCUT2D eigenvalue weighted by Crippen LogP contribution is -2.13. The summed E-state index contributed by atoms with van der Waals surface area (Å²) < 4.78 is 14.3. The Hall–Kier alpha value is -1.92. The van der Waals surface area contributed by atoms with Crippen molar-refractivity contribution in [2.24, 2.45) is 0 Å². The minimum Gasteiger partial charge on any atom is -0.375 e. The van der Waals surface area contributed by atoms with Crippen LogP contribution in [0, 0.1) is 5.82 Å². The van der Waals surface area contributed by atoms with Gasteiger partial charge in [0.05, 0.1) is 22.8 Å². The summed E-state index contributed by atoms with van der Waals surface area (Å²) in [5.41, 5.74) is 0.723. The van der Waals surface area contributed by atoms with Crippen molar-refractivity contribution in [3.05, 3.63) is 56.7 Å². The Bertz CT molecular complexity index is 830. The molecule has 0 saturated carbocycles. The molecule has 7 heteroatoms. The minimum atomic E-state index is -0.520. The van der Waals surface area contributed by atoms with Gasteiger partial charge in [-0.25, -0.2) is 9.37 Å². The molecule has 0 bridgehead atoms. The SMILES string of the molecule is O=c1[nH]c(CNc2cccc(Cl)c2F)nc2ccsc12. The third kappa shape index (κ3) is 2.39. The first-order valence-corrected chi connectivity index (χ1v) is 7.05. The maximum Gasteiger partial charge on any atom is 0.268 e. The van der Waals surface area contributed by atoms with Crippen LogP contribution in [0.2, 0.25) is 5.02 Å². The zero-order chi connectivity index (χ0) is 14.1. The number of rotatable bonds is 3. The number of H-pyrrole nitrogens is 1. The molecule has 2 heterocycles. The maximum absolute atomic E-state index is 13.7. The summed E-state index contributed by atoms with van der Waals surface area (Å²) >= 11 is 7.03. The second kappa shape index (κ2) is 5.22. The van der Waals surface area contributed by atoms with Crippen LogP contribution < -0.4 is 10.9 Å². The lowest BCUT2D eigenvalue weighted by Gasteiger charge is -2.07. The Kier molecular flexibility index (Phi) is 3.42. The standard InChI is InChI=1S/C13H9ClFN3OS/c14-7-2-1-3-8(11(7)15)16-6-10-17-9-4-5-20-12(9)13(19)18-10/h1-5,16H,6H2,(H,17,18,19). The predicted molar refractivity (Wildman–Crippen MR) is 79.0 cm³/mol. The van der Waals surface area contributed by atoms with E-state index in [2.05, 4.69) is 15.3 Å². The summed E-state index contributed by atoms with van der Waals surface area (Å²) in [6, 6.07) is 6.47. The van der Waals surface area contributed by atoms with Crippen molar-refractivity contribution < 1.29 is 4.39 Å². The zero-order valence-corrected chi connectivity index (χ0v) is 11.7. The summed E-state index contributed by atoms with van der Waals surface area (Å²) in [4.78, 5) is 18.8. The molecule has 3 aromatic rings. The van der Waals surface area contributed by atoms with Crippen molar-refractivity contribution >= 4 is 38.8 Å². The van der Waals surface area contributed by atoms with Gasteiger partial charge in [-0.3, -0.25) is 4.79 Å². The number of anilines is 1. The van der Waals surface area contributed by atoms with E-state index in [1.807, 2.05) is 0 Å². The average Bonchev–Trinajstić information content (AvgIpc) is 2.89. The largest absolute Gasteiger partial charge is 0.375 e. The van der Waals surface area contributed by atoms with Gasteiger partial charge < -0.3 is 10.3 Å². The van der Waals surface area contributed by atoms with E-state index in [0.717, 1.165) is 0 Å². The highest BCUT2D eigenvalue weighted by atomic mass is 35.5. The number of aromatic nitrogens is 2. The number of nitrogens with one attached hydrogen (secondary N) is 2. The van der Waals surface area contributed by atoms with Crippen LogP contribution in [-0.2, 0) is 6.54 Å². The van der Waals surface area contributed by atoms with Crippen LogP contribution in [0.1, 0.15) is 5.82 Å². The molecule has 0 radical (unpaired) electrons. The molecule has 0 unspecified atom stereocenters. The topological polar surface area (TPSA) is 57.8 Å². The van der Waals surface area contributed by atoms with E-state index >= 15 is 0 Å². The Morgan fingerprint density at radius 1 is 1.40 bits per heavy atom. The predicted octanol–water partition coefficient (Wildman–Crippen LogP) is 3.39. The third-order valence-corrected chi connectivity index (χ3v) is 3.96. The van der Waals surface area contributed by atoms with E-state index in [1.54, 1.807) is 23.6 Å². The first-order valence-electron chi connectivity index (χ1n) is 5.79. The molecule has 2 aromatic heterocycles. The molecule has 0 aliphatic rings. The second-order valence-electron chi connectivity index (χ2n) is 4.10. The highest BCUT2D eigenvalue weighted by molar-refractivity contribution is 7.17. The van der Waals surface area contributed by atoms with Crippen LogP contribution in [0.15, 0.2) is 34.4 Å². The monoisotopic (exact) mass is 309 g/mol. The molecular weight excluding hydrogens is 301 g/mol. The van der Waals surface area contributed by atoms with E-state index in [0.29, 0.717) is 16.0 Å². The van der Waals surface area contributed by atoms with E-state index in [-0.39, 0.29) is 22.8 Å². The van der Waals surface area contributed by atoms with Gasteiger partial charge in [-0.2, -0.15) is 0 Å². The van der Waals surface area contributed by atoms with Gasteiger partial charge in [0, 0.05) is 0 Å². The van der Waals surface area contributed by atoms with E-state index < -0.39 is 5.82 Å². The van der Waals surface area contributed by atoms with E-state index in [9.17, 15) is 9.18 Å². The molecule has 3 rings (SSSR count). The molecule has 102 valence electrons. The fourth-order valence-electron chi connectivity index (χ4n) is 1.82. The summed E-state index contributed by atoms with van der Waals surface area (Å²) in [5, 5.41) is 4.72. The summed E-state index contributed by atoms with van der Waals surface area (Å²) in [6.45, 7) is 0.207. The van der Waals surface area contributed by atoms with Crippen molar-refractivity contribution in [1.29, 1.82) is 0 Å². The van der Waals surface area contributed by atoms with Gasteiger partial charge in [0.2, 0.25) is 0 Å². The number of nitrogens with zero attached hydrogens (tertiary/aromatic N) is 1. The molecule has 0 atom stereocenters. The van der Waals surface area contributed by atoms with Crippen LogP contribution in [-0.4, -0.2) is 9.97 Å². The Morgan fingerprint density at radius 3 is 3.10 bits per heavy atom. The smallest absolute Gasteiger partial charge is 0.268 e. The number of hydrogen-bond acceptors (Lipinski definition) is 4. The minimum absolute atomic E-state index is 0.0461. The van der Waals surface area contributed by atoms with Crippen molar-refractivity contribution in [2.75, 3.05) is 5.32 Å². The van der Waals surface area contributed by atoms with Crippen molar-refractivity contribution in [2.45, 2.75) is 6.54 Å². The zero-order valence-electron chi connectivity index (χ0n) is 10.1. The Morgan fingerprint density at radius 2 is 2.25 bits per heavy atom. The highest BCUT2D eigenvalue weighted by Gasteiger charge is 2.08. The van der Waals surface area contributed by atoms with Crippen molar-refractivity contribution in [3.8, 4) is 0 Å². The van der Waals surface area contributed by atoms with Gasteiger partial charge in [0.25, 0.3) is 5.56 Å². The number of halogens is 2. The maximum atomic E-state index is 13.7. The molecule has 4 nitrogen and oxygen atoms in total. The fourth-order valence-corrected chi connectivity index (χ4v) is 2.72. The summed E-state index contributed by atoms with van der Waals surface area (Å²) in [6.07, 6.45) is 0. The molecule has 0 fully saturated rings. The lowest BCUT2D eigenvalue weighted by atomic mass is 10.3. The number of fused-ring (bicyclic) bond motifs is 1. The summed E-state index contributed by atoms with van der Waals surface area (Å²) in [5.74, 6) is -0.0756.